The van der Waals surface area contributed by atoms with E-state index in [0.29, 0.717) is 25.7 Å². The van der Waals surface area contributed by atoms with E-state index in [4.69, 9.17) is 9.47 Å². The highest BCUT2D eigenvalue weighted by Gasteiger charge is 2.87. The van der Waals surface area contributed by atoms with Gasteiger partial charge in [-0.1, -0.05) is 13.5 Å². The summed E-state index contributed by atoms with van der Waals surface area (Å²) < 4.78 is 11.6. The molecule has 2 aliphatic heterocycles. The highest BCUT2D eigenvalue weighted by atomic mass is 16.6. The molecule has 2 heterocycles. The van der Waals surface area contributed by atoms with Crippen LogP contribution in [0, 0.1) is 34.0 Å². The molecule has 0 amide bonds. The van der Waals surface area contributed by atoms with Crippen molar-refractivity contribution >= 4 is 11.8 Å². The molecule has 2 spiro atoms. The zero-order valence-electron chi connectivity index (χ0n) is 17.3. The van der Waals surface area contributed by atoms with Crippen molar-refractivity contribution < 1.29 is 39.5 Å². The average molecular weight is 422 g/mol. The van der Waals surface area contributed by atoms with Gasteiger partial charge in [0.15, 0.2) is 5.78 Å². The van der Waals surface area contributed by atoms with Crippen LogP contribution < -0.4 is 0 Å². The molecule has 8 nitrogen and oxygen atoms in total. The van der Waals surface area contributed by atoms with Crippen molar-refractivity contribution in [2.75, 3.05) is 13.2 Å². The fourth-order valence-corrected chi connectivity index (χ4v) is 8.25. The predicted molar refractivity (Wildman–Crippen MR) is 102 cm³/mol. The van der Waals surface area contributed by atoms with Gasteiger partial charge in [0.1, 0.15) is 17.6 Å². The quantitative estimate of drug-likeness (QED) is 0.359. The van der Waals surface area contributed by atoms with E-state index in [1.807, 2.05) is 6.92 Å². The third kappa shape index (κ3) is 1.88. The second-order valence-electron chi connectivity index (χ2n) is 10.4. The Labute approximate surface area is 174 Å². The van der Waals surface area contributed by atoms with Gasteiger partial charge in [-0.3, -0.25) is 9.59 Å². The molecular formula is C22H30O8. The third-order valence-electron chi connectivity index (χ3n) is 9.36. The zero-order valence-corrected chi connectivity index (χ0v) is 17.3. The second kappa shape index (κ2) is 5.92. The van der Waals surface area contributed by atoms with Crippen LogP contribution in [0.5, 0.6) is 0 Å². The van der Waals surface area contributed by atoms with E-state index in [0.717, 1.165) is 0 Å². The first-order valence-electron chi connectivity index (χ1n) is 10.8. The van der Waals surface area contributed by atoms with E-state index in [9.17, 15) is 30.0 Å². The molecule has 10 atom stereocenters. The molecule has 0 aromatic heterocycles. The van der Waals surface area contributed by atoms with E-state index in [1.165, 1.54) is 6.92 Å². The largest absolute Gasteiger partial charge is 0.462 e. The number of rotatable bonds is 2. The number of carbonyl (C=O) groups excluding carboxylic acids is 2. The molecule has 8 heteroatoms. The number of hydrogen-bond donors (Lipinski definition) is 4. The van der Waals surface area contributed by atoms with Crippen molar-refractivity contribution in [3.63, 3.8) is 0 Å². The first kappa shape index (κ1) is 20.6. The molecule has 2 saturated heterocycles. The monoisotopic (exact) mass is 422 g/mol. The fourth-order valence-electron chi connectivity index (χ4n) is 8.25. The minimum Gasteiger partial charge on any atom is -0.462 e. The zero-order chi connectivity index (χ0) is 21.9. The van der Waals surface area contributed by atoms with E-state index in [2.05, 4.69) is 6.58 Å². The SMILES string of the molecule is C=C1C(=O)[C@]23[C@H](O)[C@H]1CC[C@H]2[C@@]12CO[C@@]3(O)[C@@H](O)[C@@H]1[C@@](C)(CO)CC[C@@H]2OC(C)=O. The number of ether oxygens (including phenoxy) is 2. The molecule has 4 N–H and O–H groups in total. The van der Waals surface area contributed by atoms with Gasteiger partial charge < -0.3 is 29.9 Å². The molecule has 0 aromatic carbocycles. The molecular weight excluding hydrogens is 392 g/mol. The van der Waals surface area contributed by atoms with Crippen LogP contribution in [0.25, 0.3) is 0 Å². The number of aliphatic hydroxyl groups is 4. The van der Waals surface area contributed by atoms with Crippen molar-refractivity contribution in [1.82, 2.24) is 0 Å². The molecule has 30 heavy (non-hydrogen) atoms. The van der Waals surface area contributed by atoms with Crippen molar-refractivity contribution in [2.24, 2.45) is 34.0 Å². The van der Waals surface area contributed by atoms with Crippen LogP contribution in [-0.2, 0) is 19.1 Å². The maximum absolute atomic E-state index is 13.6. The second-order valence-corrected chi connectivity index (χ2v) is 10.4. The van der Waals surface area contributed by atoms with Crippen molar-refractivity contribution in [3.8, 4) is 0 Å². The first-order chi connectivity index (χ1) is 14.0. The third-order valence-corrected chi connectivity index (χ3v) is 9.36. The van der Waals surface area contributed by atoms with Crippen molar-refractivity contribution in [3.05, 3.63) is 12.2 Å². The van der Waals surface area contributed by atoms with Crippen LogP contribution in [0.15, 0.2) is 12.2 Å². The summed E-state index contributed by atoms with van der Waals surface area (Å²) in [6, 6.07) is 0. The normalized spacial score (nSPS) is 56.5. The number of hydrogen-bond acceptors (Lipinski definition) is 8. The van der Waals surface area contributed by atoms with Crippen LogP contribution in [0.1, 0.15) is 39.5 Å². The van der Waals surface area contributed by atoms with Gasteiger partial charge >= 0.3 is 5.97 Å². The van der Waals surface area contributed by atoms with E-state index < -0.39 is 69.9 Å². The standard InChI is InChI=1S/C22H30O8/c1-10-12-4-5-13-20-9-29-22(28,21(13,16(10)25)17(12)26)18(27)15(20)19(3,8-23)7-6-14(20)30-11(2)24/h12-15,17-18,23,26-28H,1,4-9H2,2-3H3/t12-,13-,14-,15+,17+,18-,19+,20+,21-,22-/m0/s1. The highest BCUT2D eigenvalue weighted by Crippen LogP contribution is 2.76. The molecule has 0 unspecified atom stereocenters. The summed E-state index contributed by atoms with van der Waals surface area (Å²) in [7, 11) is 0. The molecule has 6 aliphatic rings. The van der Waals surface area contributed by atoms with Crippen LogP contribution >= 0.6 is 0 Å². The predicted octanol–water partition coefficient (Wildman–Crippen LogP) is -0.0812. The molecule has 6 rings (SSSR count). The minimum atomic E-state index is -2.30. The molecule has 0 aromatic rings. The summed E-state index contributed by atoms with van der Waals surface area (Å²) in [5.74, 6) is -5.00. The molecule has 4 aliphatic carbocycles. The number of esters is 1. The van der Waals surface area contributed by atoms with Crippen LogP contribution in [0.4, 0.5) is 0 Å². The fraction of sp³-hybridized carbons (Fsp3) is 0.818. The van der Waals surface area contributed by atoms with Crippen molar-refractivity contribution in [1.29, 1.82) is 0 Å². The summed E-state index contributed by atoms with van der Waals surface area (Å²) >= 11 is 0. The van der Waals surface area contributed by atoms with Crippen LogP contribution in [0.2, 0.25) is 0 Å². The number of aliphatic hydroxyl groups excluding tert-OH is 3. The minimum absolute atomic E-state index is 0.0255. The lowest BCUT2D eigenvalue weighted by atomic mass is 9.35. The Hall–Kier alpha value is -1.32. The molecule has 0 radical (unpaired) electrons. The van der Waals surface area contributed by atoms with Gasteiger partial charge in [0.05, 0.1) is 12.7 Å². The number of fused-ring (bicyclic) bond motifs is 2. The summed E-state index contributed by atoms with van der Waals surface area (Å²) in [6.45, 7) is 6.79. The van der Waals surface area contributed by atoms with Crippen LogP contribution in [-0.4, -0.2) is 69.5 Å². The molecule has 166 valence electrons. The Kier molecular flexibility index (Phi) is 4.06. The lowest BCUT2D eigenvalue weighted by Gasteiger charge is -2.74. The number of ketones is 1. The van der Waals surface area contributed by atoms with E-state index >= 15 is 0 Å². The first-order valence-corrected chi connectivity index (χ1v) is 10.8. The van der Waals surface area contributed by atoms with Gasteiger partial charge in [0, 0.05) is 30.8 Å². The smallest absolute Gasteiger partial charge is 0.302 e. The Morgan fingerprint density at radius 2 is 1.97 bits per heavy atom. The van der Waals surface area contributed by atoms with Crippen molar-refractivity contribution in [2.45, 2.75) is 63.6 Å². The van der Waals surface area contributed by atoms with Gasteiger partial charge in [-0.2, -0.15) is 0 Å². The summed E-state index contributed by atoms with van der Waals surface area (Å²) in [4.78, 5) is 25.5. The topological polar surface area (TPSA) is 134 Å². The highest BCUT2D eigenvalue weighted by molar-refractivity contribution is 6.05. The average Bonchev–Trinajstić information content (AvgIpc) is 2.80. The summed E-state index contributed by atoms with van der Waals surface area (Å²) in [6.07, 6.45) is -1.51. The summed E-state index contributed by atoms with van der Waals surface area (Å²) in [5, 5.41) is 44.9. The van der Waals surface area contributed by atoms with Gasteiger partial charge in [0.25, 0.3) is 0 Å². The maximum atomic E-state index is 13.6. The van der Waals surface area contributed by atoms with E-state index in [-0.39, 0.29) is 18.8 Å². The number of carbonyl (C=O) groups is 2. The molecule has 4 bridgehead atoms. The van der Waals surface area contributed by atoms with Gasteiger partial charge in [-0.15, -0.1) is 0 Å². The van der Waals surface area contributed by atoms with Gasteiger partial charge in [0.2, 0.25) is 5.79 Å². The Balaban J connectivity index is 1.79. The Morgan fingerprint density at radius 1 is 1.27 bits per heavy atom. The Morgan fingerprint density at radius 3 is 2.60 bits per heavy atom. The number of Topliss-reactive ketones (excluding diaryl/α,β-unsaturated/α-hetero) is 1. The van der Waals surface area contributed by atoms with E-state index in [1.54, 1.807) is 0 Å². The molecule has 6 fully saturated rings. The summed E-state index contributed by atoms with van der Waals surface area (Å²) in [5.41, 5.74) is -3.29. The lowest BCUT2D eigenvalue weighted by Crippen LogP contribution is -2.86. The van der Waals surface area contributed by atoms with Gasteiger partial charge in [-0.25, -0.2) is 0 Å². The Bertz CT molecular complexity index is 841. The maximum Gasteiger partial charge on any atom is 0.302 e. The molecule has 4 saturated carbocycles. The van der Waals surface area contributed by atoms with Crippen LogP contribution in [0.3, 0.4) is 0 Å². The van der Waals surface area contributed by atoms with Gasteiger partial charge in [-0.05, 0) is 42.6 Å². The lowest BCUT2D eigenvalue weighted by molar-refractivity contribution is -0.459.